The lowest BCUT2D eigenvalue weighted by Crippen LogP contribution is -1.92. The molecule has 0 nitrogen and oxygen atoms in total. The predicted octanol–water partition coefficient (Wildman–Crippen LogP) is 4.19. The Bertz CT molecular complexity index is 299. The van der Waals surface area contributed by atoms with Gasteiger partial charge in [-0.1, -0.05) is 17.7 Å². The molecule has 0 spiro atoms. The van der Waals surface area contributed by atoms with E-state index in [9.17, 15) is 8.78 Å². The molecular formula is C8H6ClF2I. The zero-order valence-corrected chi connectivity index (χ0v) is 9.16. The third kappa shape index (κ3) is 1.88. The zero-order valence-electron chi connectivity index (χ0n) is 6.24. The third-order valence-corrected chi connectivity index (χ3v) is 2.98. The number of benzene rings is 1. The van der Waals surface area contributed by atoms with Gasteiger partial charge in [0.15, 0.2) is 0 Å². The van der Waals surface area contributed by atoms with Crippen LogP contribution in [-0.4, -0.2) is 0 Å². The van der Waals surface area contributed by atoms with Crippen molar-refractivity contribution >= 4 is 34.2 Å². The molecule has 0 unspecified atom stereocenters. The highest BCUT2D eigenvalue weighted by Gasteiger charge is 2.16. The van der Waals surface area contributed by atoms with Crippen LogP contribution >= 0.6 is 34.2 Å². The van der Waals surface area contributed by atoms with Crippen LogP contribution in [0.15, 0.2) is 12.1 Å². The molecule has 0 saturated heterocycles. The van der Waals surface area contributed by atoms with Crippen molar-refractivity contribution in [3.8, 4) is 0 Å². The van der Waals surface area contributed by atoms with E-state index in [1.54, 1.807) is 19.1 Å². The van der Waals surface area contributed by atoms with Crippen LogP contribution in [0.3, 0.4) is 0 Å². The molecule has 0 atom stereocenters. The van der Waals surface area contributed by atoms with Gasteiger partial charge in [-0.25, -0.2) is 8.78 Å². The van der Waals surface area contributed by atoms with Crippen LogP contribution in [0.1, 0.15) is 17.6 Å². The molecule has 1 aromatic rings. The van der Waals surface area contributed by atoms with Gasteiger partial charge in [-0.15, -0.1) is 0 Å². The standard InChI is InChI=1S/C8H6ClF2I/c1-4-2-3-5(12)6(7(4)9)8(10)11/h2-3,8H,1H3. The molecule has 0 aliphatic carbocycles. The van der Waals surface area contributed by atoms with Gasteiger partial charge in [0.1, 0.15) is 0 Å². The molecule has 4 heteroatoms. The molecule has 0 bridgehead atoms. The molecule has 0 aliphatic rings. The summed E-state index contributed by atoms with van der Waals surface area (Å²) in [5.74, 6) is 0. The summed E-state index contributed by atoms with van der Waals surface area (Å²) in [4.78, 5) is 0. The molecular weight excluding hydrogens is 296 g/mol. The second-order valence-corrected chi connectivity index (χ2v) is 3.93. The number of alkyl halides is 2. The largest absolute Gasteiger partial charge is 0.266 e. The van der Waals surface area contributed by atoms with Crippen LogP contribution in [0.2, 0.25) is 5.02 Å². The summed E-state index contributed by atoms with van der Waals surface area (Å²) >= 11 is 7.56. The molecule has 0 aliphatic heterocycles. The Balaban J connectivity index is 3.33. The van der Waals surface area contributed by atoms with Crippen molar-refractivity contribution in [2.24, 2.45) is 0 Å². The third-order valence-electron chi connectivity index (χ3n) is 1.54. The number of rotatable bonds is 1. The number of hydrogen-bond acceptors (Lipinski definition) is 0. The highest BCUT2D eigenvalue weighted by Crippen LogP contribution is 2.33. The summed E-state index contributed by atoms with van der Waals surface area (Å²) in [7, 11) is 0. The lowest BCUT2D eigenvalue weighted by Gasteiger charge is -2.07. The highest BCUT2D eigenvalue weighted by atomic mass is 127. The van der Waals surface area contributed by atoms with E-state index in [2.05, 4.69) is 0 Å². The van der Waals surface area contributed by atoms with E-state index < -0.39 is 6.43 Å². The Kier molecular flexibility index (Phi) is 3.29. The second kappa shape index (κ2) is 3.87. The van der Waals surface area contributed by atoms with Gasteiger partial charge in [-0.05, 0) is 41.1 Å². The fourth-order valence-corrected chi connectivity index (χ4v) is 1.97. The van der Waals surface area contributed by atoms with E-state index in [0.717, 1.165) is 0 Å². The molecule has 0 aromatic heterocycles. The minimum atomic E-state index is -2.50. The quantitative estimate of drug-likeness (QED) is 0.682. The van der Waals surface area contributed by atoms with Crippen LogP contribution < -0.4 is 0 Å². The van der Waals surface area contributed by atoms with E-state index in [-0.39, 0.29) is 10.6 Å². The maximum atomic E-state index is 12.4. The smallest absolute Gasteiger partial charge is 0.205 e. The van der Waals surface area contributed by atoms with Gasteiger partial charge in [0.2, 0.25) is 0 Å². The Morgan fingerprint density at radius 1 is 1.42 bits per heavy atom. The minimum absolute atomic E-state index is 0.0581. The van der Waals surface area contributed by atoms with E-state index >= 15 is 0 Å². The summed E-state index contributed by atoms with van der Waals surface area (Å²) in [5, 5.41) is 0.178. The lowest BCUT2D eigenvalue weighted by molar-refractivity contribution is 0.150. The Morgan fingerprint density at radius 3 is 2.42 bits per heavy atom. The van der Waals surface area contributed by atoms with Crippen LogP contribution in [0, 0.1) is 10.5 Å². The molecule has 1 rings (SSSR count). The minimum Gasteiger partial charge on any atom is -0.205 e. The highest BCUT2D eigenvalue weighted by molar-refractivity contribution is 14.1. The van der Waals surface area contributed by atoms with Crippen molar-refractivity contribution in [1.29, 1.82) is 0 Å². The van der Waals surface area contributed by atoms with E-state index in [0.29, 0.717) is 9.13 Å². The van der Waals surface area contributed by atoms with Crippen molar-refractivity contribution in [2.45, 2.75) is 13.3 Å². The molecule has 0 amide bonds. The van der Waals surface area contributed by atoms with Crippen molar-refractivity contribution < 1.29 is 8.78 Å². The topological polar surface area (TPSA) is 0 Å². The summed E-state index contributed by atoms with van der Waals surface area (Å²) in [6, 6.07) is 3.37. The molecule has 0 heterocycles. The maximum absolute atomic E-state index is 12.4. The maximum Gasteiger partial charge on any atom is 0.266 e. The van der Waals surface area contributed by atoms with Crippen LogP contribution in [0.5, 0.6) is 0 Å². The molecule has 12 heavy (non-hydrogen) atoms. The Labute approximate surface area is 88.1 Å². The van der Waals surface area contributed by atoms with E-state index in [4.69, 9.17) is 11.6 Å². The normalized spacial score (nSPS) is 10.8. The lowest BCUT2D eigenvalue weighted by atomic mass is 10.1. The Morgan fingerprint density at radius 2 is 2.00 bits per heavy atom. The average Bonchev–Trinajstić information content (AvgIpc) is 1.97. The first-order valence-corrected chi connectivity index (χ1v) is 4.72. The van der Waals surface area contributed by atoms with E-state index in [1.807, 2.05) is 22.6 Å². The molecule has 0 N–H and O–H groups in total. The van der Waals surface area contributed by atoms with Crippen LogP contribution in [-0.2, 0) is 0 Å². The monoisotopic (exact) mass is 302 g/mol. The first kappa shape index (κ1) is 10.2. The van der Waals surface area contributed by atoms with Gasteiger partial charge < -0.3 is 0 Å². The SMILES string of the molecule is Cc1ccc(I)c(C(F)F)c1Cl. The number of halogens is 4. The molecule has 0 saturated carbocycles. The molecule has 1 aromatic carbocycles. The average molecular weight is 302 g/mol. The zero-order chi connectivity index (χ0) is 9.30. The summed E-state index contributed by atoms with van der Waals surface area (Å²) in [6.07, 6.45) is -2.50. The summed E-state index contributed by atoms with van der Waals surface area (Å²) < 4.78 is 25.3. The summed E-state index contributed by atoms with van der Waals surface area (Å²) in [5.41, 5.74) is 0.629. The van der Waals surface area contributed by atoms with E-state index in [1.165, 1.54) is 0 Å². The van der Waals surface area contributed by atoms with Gasteiger partial charge in [0.25, 0.3) is 6.43 Å². The number of hydrogen-bond donors (Lipinski definition) is 0. The Hall–Kier alpha value is 0.1000. The summed E-state index contributed by atoms with van der Waals surface area (Å²) in [6.45, 7) is 1.71. The van der Waals surface area contributed by atoms with Crippen molar-refractivity contribution in [1.82, 2.24) is 0 Å². The van der Waals surface area contributed by atoms with Gasteiger partial charge in [-0.3, -0.25) is 0 Å². The van der Waals surface area contributed by atoms with Crippen molar-refractivity contribution in [2.75, 3.05) is 0 Å². The predicted molar refractivity (Wildman–Crippen MR) is 53.9 cm³/mol. The first-order chi connectivity index (χ1) is 5.54. The fourth-order valence-electron chi connectivity index (χ4n) is 0.878. The molecule has 66 valence electrons. The van der Waals surface area contributed by atoms with Crippen molar-refractivity contribution in [3.05, 3.63) is 31.9 Å². The van der Waals surface area contributed by atoms with Gasteiger partial charge >= 0.3 is 0 Å². The second-order valence-electron chi connectivity index (χ2n) is 2.39. The molecule has 0 fully saturated rings. The van der Waals surface area contributed by atoms with Gasteiger partial charge in [0, 0.05) is 9.13 Å². The van der Waals surface area contributed by atoms with Gasteiger partial charge in [-0.2, -0.15) is 0 Å². The molecule has 0 radical (unpaired) electrons. The number of aryl methyl sites for hydroxylation is 1. The van der Waals surface area contributed by atoms with Gasteiger partial charge in [0.05, 0.1) is 5.02 Å². The fraction of sp³-hybridized carbons (Fsp3) is 0.250. The first-order valence-electron chi connectivity index (χ1n) is 3.26. The van der Waals surface area contributed by atoms with Crippen LogP contribution in [0.25, 0.3) is 0 Å². The van der Waals surface area contributed by atoms with Crippen molar-refractivity contribution in [3.63, 3.8) is 0 Å². The van der Waals surface area contributed by atoms with Crippen LogP contribution in [0.4, 0.5) is 8.78 Å².